The number of hydrogen-bond acceptors (Lipinski definition) is 3. The molecule has 2 heterocycles. The second-order valence-corrected chi connectivity index (χ2v) is 4.87. The summed E-state index contributed by atoms with van der Waals surface area (Å²) in [5, 5.41) is 10.9. The number of nitrogens with zero attached hydrogens (tertiary/aromatic N) is 2. The Hall–Kier alpha value is -2.01. The Morgan fingerprint density at radius 3 is 2.74 bits per heavy atom. The molecule has 0 saturated carbocycles. The van der Waals surface area contributed by atoms with Crippen molar-refractivity contribution in [3.05, 3.63) is 46.2 Å². The summed E-state index contributed by atoms with van der Waals surface area (Å²) in [4.78, 5) is 12.1. The van der Waals surface area contributed by atoms with Gasteiger partial charge in [-0.2, -0.15) is 5.10 Å². The van der Waals surface area contributed by atoms with E-state index in [1.54, 1.807) is 17.8 Å². The first kappa shape index (κ1) is 12.0. The molecule has 0 radical (unpaired) electrons. The lowest BCUT2D eigenvalue weighted by atomic mass is 10.1. The van der Waals surface area contributed by atoms with Crippen LogP contribution in [0.4, 0.5) is 5.69 Å². The monoisotopic (exact) mass is 276 g/mol. The first-order valence-corrected chi connectivity index (χ1v) is 6.31. The third-order valence-corrected chi connectivity index (χ3v) is 3.68. The Labute approximate surface area is 115 Å². The maximum absolute atomic E-state index is 12.1. The zero-order chi connectivity index (χ0) is 13.6. The highest BCUT2D eigenvalue weighted by atomic mass is 35.5. The topological polar surface area (TPSA) is 59.0 Å². The van der Waals surface area contributed by atoms with Crippen molar-refractivity contribution in [2.24, 2.45) is 7.05 Å². The quantitative estimate of drug-likeness (QED) is 0.840. The Morgan fingerprint density at radius 1 is 1.32 bits per heavy atom. The van der Waals surface area contributed by atoms with Crippen LogP contribution in [0.1, 0.15) is 27.8 Å². The normalized spacial score (nSPS) is 17.6. The molecule has 6 heteroatoms. The fourth-order valence-corrected chi connectivity index (χ4v) is 2.61. The fraction of sp³-hybridized carbons (Fsp3) is 0.231. The van der Waals surface area contributed by atoms with Gasteiger partial charge in [0.25, 0.3) is 5.91 Å². The summed E-state index contributed by atoms with van der Waals surface area (Å²) in [6.45, 7) is 1.87. The second-order valence-electron chi connectivity index (χ2n) is 4.51. The molecular formula is C13H13ClN4O. The number of amides is 1. The van der Waals surface area contributed by atoms with Gasteiger partial charge in [-0.3, -0.25) is 9.48 Å². The van der Waals surface area contributed by atoms with Gasteiger partial charge in [0.1, 0.15) is 11.3 Å². The fourth-order valence-electron chi connectivity index (χ4n) is 2.33. The van der Waals surface area contributed by atoms with Gasteiger partial charge in [0.2, 0.25) is 0 Å². The number of aromatic nitrogens is 2. The lowest BCUT2D eigenvalue weighted by Crippen LogP contribution is -2.38. The van der Waals surface area contributed by atoms with Gasteiger partial charge < -0.3 is 10.6 Å². The van der Waals surface area contributed by atoms with Gasteiger partial charge >= 0.3 is 0 Å². The van der Waals surface area contributed by atoms with Gasteiger partial charge in [0.05, 0.1) is 16.8 Å². The molecule has 0 aliphatic carbocycles. The minimum absolute atomic E-state index is 0.112. The molecule has 0 fully saturated rings. The van der Waals surface area contributed by atoms with Crippen molar-refractivity contribution in [1.82, 2.24) is 15.1 Å². The van der Waals surface area contributed by atoms with Crippen LogP contribution in [0.25, 0.3) is 0 Å². The number of para-hydroxylation sites is 1. The Balaban J connectivity index is 2.04. The van der Waals surface area contributed by atoms with E-state index in [0.29, 0.717) is 10.7 Å². The van der Waals surface area contributed by atoms with Crippen LogP contribution in [0.3, 0.4) is 0 Å². The van der Waals surface area contributed by atoms with Gasteiger partial charge in [-0.1, -0.05) is 23.7 Å². The van der Waals surface area contributed by atoms with Crippen LogP contribution in [0, 0.1) is 6.92 Å². The number of nitrogens with one attached hydrogen (secondary N) is 2. The zero-order valence-corrected chi connectivity index (χ0v) is 11.3. The van der Waals surface area contributed by atoms with Crippen molar-refractivity contribution in [2.75, 3.05) is 5.32 Å². The highest BCUT2D eigenvalue weighted by Gasteiger charge is 2.28. The Kier molecular flexibility index (Phi) is 2.71. The number of fused-ring (bicyclic) bond motifs is 1. The maximum atomic E-state index is 12.1. The summed E-state index contributed by atoms with van der Waals surface area (Å²) in [5.41, 5.74) is 3.03. The zero-order valence-electron chi connectivity index (χ0n) is 10.6. The van der Waals surface area contributed by atoms with Crippen LogP contribution in [-0.4, -0.2) is 15.7 Å². The summed E-state index contributed by atoms with van der Waals surface area (Å²) in [7, 11) is 1.78. The molecule has 98 valence electrons. The SMILES string of the molecule is Cc1nn(C)c(Cl)c1C1NC(=O)c2ccccc2N1. The average Bonchev–Trinajstić information content (AvgIpc) is 2.63. The predicted molar refractivity (Wildman–Crippen MR) is 73.2 cm³/mol. The van der Waals surface area contributed by atoms with Crippen LogP contribution >= 0.6 is 11.6 Å². The number of carbonyl (C=O) groups is 1. The number of hydrogen-bond donors (Lipinski definition) is 2. The molecule has 1 aromatic heterocycles. The van der Waals surface area contributed by atoms with Gasteiger partial charge in [-0.15, -0.1) is 0 Å². The summed E-state index contributed by atoms with van der Waals surface area (Å²) < 4.78 is 1.60. The Morgan fingerprint density at radius 2 is 2.05 bits per heavy atom. The highest BCUT2D eigenvalue weighted by molar-refractivity contribution is 6.30. The van der Waals surface area contributed by atoms with Crippen LogP contribution in [0.2, 0.25) is 5.15 Å². The molecule has 1 aromatic carbocycles. The molecule has 2 aromatic rings. The van der Waals surface area contributed by atoms with E-state index in [9.17, 15) is 4.79 Å². The highest BCUT2D eigenvalue weighted by Crippen LogP contribution is 2.31. The van der Waals surface area contributed by atoms with E-state index >= 15 is 0 Å². The summed E-state index contributed by atoms with van der Waals surface area (Å²) in [5.74, 6) is -0.112. The molecular weight excluding hydrogens is 264 g/mol. The third kappa shape index (κ3) is 1.86. The molecule has 3 rings (SSSR count). The van der Waals surface area contributed by atoms with E-state index in [4.69, 9.17) is 11.6 Å². The molecule has 1 unspecified atom stereocenters. The molecule has 2 N–H and O–H groups in total. The van der Waals surface area contributed by atoms with E-state index in [1.807, 2.05) is 25.1 Å². The van der Waals surface area contributed by atoms with E-state index in [-0.39, 0.29) is 12.1 Å². The molecule has 5 nitrogen and oxygen atoms in total. The number of carbonyl (C=O) groups excluding carboxylic acids is 1. The maximum Gasteiger partial charge on any atom is 0.255 e. The van der Waals surface area contributed by atoms with Gasteiger partial charge in [-0.25, -0.2) is 0 Å². The molecule has 1 aliphatic rings. The molecule has 1 atom stereocenters. The number of halogens is 1. The second kappa shape index (κ2) is 4.28. The molecule has 0 saturated heterocycles. The first-order valence-electron chi connectivity index (χ1n) is 5.93. The van der Waals surface area contributed by atoms with Crippen LogP contribution < -0.4 is 10.6 Å². The van der Waals surface area contributed by atoms with E-state index in [0.717, 1.165) is 16.9 Å². The lowest BCUT2D eigenvalue weighted by molar-refractivity contribution is 0.0935. The van der Waals surface area contributed by atoms with Gasteiger partial charge in [0.15, 0.2) is 0 Å². The molecule has 0 spiro atoms. The first-order chi connectivity index (χ1) is 9.08. The van der Waals surface area contributed by atoms with Crippen molar-refractivity contribution in [1.29, 1.82) is 0 Å². The third-order valence-electron chi connectivity index (χ3n) is 3.23. The number of anilines is 1. The molecule has 1 aliphatic heterocycles. The van der Waals surface area contributed by atoms with E-state index < -0.39 is 0 Å². The van der Waals surface area contributed by atoms with Crippen LogP contribution in [0.5, 0.6) is 0 Å². The van der Waals surface area contributed by atoms with Crippen LogP contribution in [0.15, 0.2) is 24.3 Å². The molecule has 0 bridgehead atoms. The number of aryl methyl sites for hydroxylation is 2. The summed E-state index contributed by atoms with van der Waals surface area (Å²) in [6.07, 6.45) is -0.358. The number of rotatable bonds is 1. The minimum Gasteiger partial charge on any atom is -0.361 e. The largest absolute Gasteiger partial charge is 0.361 e. The predicted octanol–water partition coefficient (Wildman–Crippen LogP) is 2.24. The minimum atomic E-state index is -0.358. The van der Waals surface area contributed by atoms with Gasteiger partial charge in [-0.05, 0) is 19.1 Å². The smallest absolute Gasteiger partial charge is 0.255 e. The van der Waals surface area contributed by atoms with Crippen molar-refractivity contribution in [3.63, 3.8) is 0 Å². The van der Waals surface area contributed by atoms with Crippen molar-refractivity contribution >= 4 is 23.2 Å². The van der Waals surface area contributed by atoms with Crippen molar-refractivity contribution in [3.8, 4) is 0 Å². The van der Waals surface area contributed by atoms with Gasteiger partial charge in [0, 0.05) is 12.7 Å². The Bertz CT molecular complexity index is 665. The van der Waals surface area contributed by atoms with Crippen LogP contribution in [-0.2, 0) is 7.05 Å². The number of benzene rings is 1. The lowest BCUT2D eigenvalue weighted by Gasteiger charge is -2.27. The molecule has 19 heavy (non-hydrogen) atoms. The van der Waals surface area contributed by atoms with E-state index in [1.165, 1.54) is 0 Å². The average molecular weight is 277 g/mol. The summed E-state index contributed by atoms with van der Waals surface area (Å²) >= 11 is 6.23. The summed E-state index contributed by atoms with van der Waals surface area (Å²) in [6, 6.07) is 7.38. The standard InChI is InChI=1S/C13H13ClN4O/c1-7-10(11(14)18(2)17-7)12-15-9-6-4-3-5-8(9)13(19)16-12/h3-6,12,15H,1-2H3,(H,16,19). The van der Waals surface area contributed by atoms with Crippen molar-refractivity contribution < 1.29 is 4.79 Å². The van der Waals surface area contributed by atoms with E-state index in [2.05, 4.69) is 15.7 Å². The van der Waals surface area contributed by atoms with Crippen molar-refractivity contribution in [2.45, 2.75) is 13.1 Å². The molecule has 1 amide bonds.